The van der Waals surface area contributed by atoms with E-state index < -0.39 is 5.41 Å². The van der Waals surface area contributed by atoms with Crippen LogP contribution in [0.1, 0.15) is 73.8 Å². The van der Waals surface area contributed by atoms with Crippen LogP contribution in [0.3, 0.4) is 0 Å². The van der Waals surface area contributed by atoms with Gasteiger partial charge in [0, 0.05) is 10.8 Å². The predicted molar refractivity (Wildman–Crippen MR) is 161 cm³/mol. The lowest BCUT2D eigenvalue weighted by molar-refractivity contribution is -0.126. The van der Waals surface area contributed by atoms with Gasteiger partial charge in [0.25, 0.3) is 0 Å². The maximum Gasteiger partial charge on any atom is 0.136 e. The van der Waals surface area contributed by atoms with Gasteiger partial charge < -0.3 is 0 Å². The quantitative estimate of drug-likeness (QED) is 0.189. The van der Waals surface area contributed by atoms with E-state index in [4.69, 9.17) is 0 Å². The smallest absolute Gasteiger partial charge is 0.136 e. The van der Waals surface area contributed by atoms with Gasteiger partial charge in [-0.25, -0.2) is 0 Å². The topological polar surface area (TPSA) is 17.1 Å². The highest BCUT2D eigenvalue weighted by atomic mass is 16.1. The lowest BCUT2D eigenvalue weighted by Crippen LogP contribution is -2.41. The maximum absolute atomic E-state index is 13.5. The van der Waals surface area contributed by atoms with E-state index in [0.717, 1.165) is 24.8 Å². The van der Waals surface area contributed by atoms with Crippen LogP contribution in [0.15, 0.2) is 122 Å². The summed E-state index contributed by atoms with van der Waals surface area (Å²) in [5.74, 6) is 0.592. The molecule has 0 fully saturated rings. The third kappa shape index (κ3) is 6.05. The van der Waals surface area contributed by atoms with Crippen LogP contribution in [-0.4, -0.2) is 5.78 Å². The molecule has 0 radical (unpaired) electrons. The van der Waals surface area contributed by atoms with Crippen molar-refractivity contribution in [2.45, 2.75) is 57.8 Å². The van der Waals surface area contributed by atoms with Gasteiger partial charge in [0.2, 0.25) is 0 Å². The Morgan fingerprint density at radius 3 is 1.74 bits per heavy atom. The van der Waals surface area contributed by atoms with E-state index >= 15 is 0 Å². The van der Waals surface area contributed by atoms with Crippen molar-refractivity contribution < 1.29 is 4.79 Å². The average molecular weight is 501 g/mol. The Kier molecular flexibility index (Phi) is 8.79. The molecular formula is C37H40O. The van der Waals surface area contributed by atoms with Crippen LogP contribution in [-0.2, 0) is 16.6 Å². The lowest BCUT2D eigenvalue weighted by atomic mass is 9.58. The number of benzene rings is 4. The molecule has 1 heteroatoms. The van der Waals surface area contributed by atoms with Gasteiger partial charge >= 0.3 is 0 Å². The molecule has 0 saturated carbocycles. The molecule has 2 unspecified atom stereocenters. The van der Waals surface area contributed by atoms with Crippen molar-refractivity contribution in [2.75, 3.05) is 0 Å². The molecule has 0 saturated heterocycles. The van der Waals surface area contributed by atoms with E-state index in [1.807, 2.05) is 6.08 Å². The number of rotatable bonds is 12. The van der Waals surface area contributed by atoms with Crippen LogP contribution in [0.2, 0.25) is 0 Å². The average Bonchev–Trinajstić information content (AvgIpc) is 2.97. The fraction of sp³-hybridized carbons (Fsp3) is 0.270. The standard InChI is InChI=1S/C37H40O/c1-5-30-22-24-31(25-23-30)26-36(4,29(3)38)28-37(34-18-12-8-13-19-34,35-20-14-9-15-21-35)27-32(6-2)33-16-10-7-11-17-33/h5,7-25,32H,1,6,26-28H2,2-4H3. The normalized spacial score (nSPS) is 13.9. The first-order chi connectivity index (χ1) is 18.4. The van der Waals surface area contributed by atoms with Crippen molar-refractivity contribution in [3.8, 4) is 0 Å². The van der Waals surface area contributed by atoms with Gasteiger partial charge in [0.15, 0.2) is 0 Å². The minimum Gasteiger partial charge on any atom is -0.299 e. The Morgan fingerprint density at radius 2 is 1.29 bits per heavy atom. The summed E-state index contributed by atoms with van der Waals surface area (Å²) in [4.78, 5) is 13.5. The van der Waals surface area contributed by atoms with Gasteiger partial charge in [-0.05, 0) is 66.3 Å². The molecule has 0 aliphatic heterocycles. The third-order valence-corrected chi connectivity index (χ3v) is 8.36. The van der Waals surface area contributed by atoms with E-state index in [0.29, 0.717) is 12.3 Å². The molecule has 4 aromatic rings. The molecular weight excluding hydrogens is 460 g/mol. The molecule has 0 heterocycles. The molecule has 0 bridgehead atoms. The summed E-state index contributed by atoms with van der Waals surface area (Å²) >= 11 is 0. The van der Waals surface area contributed by atoms with E-state index in [9.17, 15) is 4.79 Å². The number of hydrogen-bond acceptors (Lipinski definition) is 1. The van der Waals surface area contributed by atoms with Crippen molar-refractivity contribution in [3.05, 3.63) is 150 Å². The van der Waals surface area contributed by atoms with Crippen LogP contribution in [0.4, 0.5) is 0 Å². The van der Waals surface area contributed by atoms with Gasteiger partial charge in [0.05, 0.1) is 0 Å². The minimum atomic E-state index is -0.545. The zero-order valence-corrected chi connectivity index (χ0v) is 23.1. The number of carbonyl (C=O) groups excluding carboxylic acids is 1. The number of hydrogen-bond donors (Lipinski definition) is 0. The molecule has 4 aromatic carbocycles. The van der Waals surface area contributed by atoms with Gasteiger partial charge in [-0.2, -0.15) is 0 Å². The summed E-state index contributed by atoms with van der Waals surface area (Å²) < 4.78 is 0. The molecule has 0 N–H and O–H groups in total. The second-order valence-corrected chi connectivity index (χ2v) is 11.0. The van der Waals surface area contributed by atoms with E-state index in [1.165, 1.54) is 22.3 Å². The zero-order valence-electron chi connectivity index (χ0n) is 23.1. The summed E-state index contributed by atoms with van der Waals surface area (Å²) in [6.07, 6.45) is 5.25. The molecule has 2 atom stereocenters. The highest BCUT2D eigenvalue weighted by Crippen LogP contribution is 2.50. The number of carbonyl (C=O) groups is 1. The van der Waals surface area contributed by atoms with Crippen LogP contribution >= 0.6 is 0 Å². The van der Waals surface area contributed by atoms with E-state index in [1.54, 1.807) is 6.92 Å². The van der Waals surface area contributed by atoms with Crippen LogP contribution in [0, 0.1) is 5.41 Å². The second-order valence-electron chi connectivity index (χ2n) is 11.0. The van der Waals surface area contributed by atoms with Crippen LogP contribution < -0.4 is 0 Å². The molecule has 194 valence electrons. The number of ketones is 1. The highest BCUT2D eigenvalue weighted by molar-refractivity contribution is 5.82. The molecule has 0 aliphatic rings. The van der Waals surface area contributed by atoms with Crippen molar-refractivity contribution in [1.82, 2.24) is 0 Å². The van der Waals surface area contributed by atoms with Gasteiger partial charge in [0.1, 0.15) is 5.78 Å². The highest BCUT2D eigenvalue weighted by Gasteiger charge is 2.44. The van der Waals surface area contributed by atoms with Gasteiger partial charge in [-0.1, -0.05) is 142 Å². The van der Waals surface area contributed by atoms with Crippen LogP contribution in [0.25, 0.3) is 6.08 Å². The molecule has 0 aliphatic carbocycles. The second kappa shape index (κ2) is 12.2. The van der Waals surface area contributed by atoms with E-state index in [-0.39, 0.29) is 11.2 Å². The van der Waals surface area contributed by atoms with Crippen molar-refractivity contribution in [2.24, 2.45) is 5.41 Å². The lowest BCUT2D eigenvalue weighted by Gasteiger charge is -2.44. The summed E-state index contributed by atoms with van der Waals surface area (Å²) in [5, 5.41) is 0. The zero-order chi connectivity index (χ0) is 27.0. The Morgan fingerprint density at radius 1 is 0.789 bits per heavy atom. The predicted octanol–water partition coefficient (Wildman–Crippen LogP) is 9.43. The molecule has 4 rings (SSSR count). The molecule has 0 aromatic heterocycles. The fourth-order valence-corrected chi connectivity index (χ4v) is 6.04. The minimum absolute atomic E-state index is 0.231. The van der Waals surface area contributed by atoms with Crippen molar-refractivity contribution in [3.63, 3.8) is 0 Å². The summed E-state index contributed by atoms with van der Waals surface area (Å²) in [6.45, 7) is 10.1. The fourth-order valence-electron chi connectivity index (χ4n) is 6.04. The molecule has 0 amide bonds. The molecule has 1 nitrogen and oxygen atoms in total. The first kappa shape index (κ1) is 27.3. The Hall–Kier alpha value is -3.71. The molecule has 0 spiro atoms. The third-order valence-electron chi connectivity index (χ3n) is 8.36. The Bertz CT molecular complexity index is 1270. The summed E-state index contributed by atoms with van der Waals surface area (Å²) in [5.41, 5.74) is 5.30. The van der Waals surface area contributed by atoms with Crippen molar-refractivity contribution in [1.29, 1.82) is 0 Å². The Balaban J connectivity index is 1.87. The first-order valence-electron chi connectivity index (χ1n) is 13.8. The summed E-state index contributed by atoms with van der Waals surface area (Å²) in [6, 6.07) is 41.0. The maximum atomic E-state index is 13.5. The SMILES string of the molecule is C=Cc1ccc(CC(C)(CC(CC(CC)c2ccccc2)(c2ccccc2)c2ccccc2)C(C)=O)cc1. The molecule has 38 heavy (non-hydrogen) atoms. The Labute approximate surface area is 229 Å². The van der Waals surface area contributed by atoms with Crippen LogP contribution in [0.5, 0.6) is 0 Å². The van der Waals surface area contributed by atoms with Gasteiger partial charge in [-0.3, -0.25) is 4.79 Å². The summed E-state index contributed by atoms with van der Waals surface area (Å²) in [7, 11) is 0. The van der Waals surface area contributed by atoms with Crippen molar-refractivity contribution >= 4 is 11.9 Å². The number of Topliss-reactive ketones (excluding diaryl/α,β-unsaturated/α-hetero) is 1. The monoisotopic (exact) mass is 500 g/mol. The first-order valence-corrected chi connectivity index (χ1v) is 13.8. The largest absolute Gasteiger partial charge is 0.299 e. The van der Waals surface area contributed by atoms with Gasteiger partial charge in [-0.15, -0.1) is 0 Å². The van der Waals surface area contributed by atoms with E-state index in [2.05, 4.69) is 136 Å².